The topological polar surface area (TPSA) is 23.5 Å². The Morgan fingerprint density at radius 3 is 2.48 bits per heavy atom. The van der Waals surface area contributed by atoms with Crippen LogP contribution in [-0.2, 0) is 0 Å². The quantitative estimate of drug-likeness (QED) is 0.773. The average molecular weight is 370 g/mol. The van der Waals surface area contributed by atoms with Crippen molar-refractivity contribution >= 4 is 15.9 Å². The smallest absolute Gasteiger partial charge is 0.121 e. The number of nitrogens with zero attached hydrogens (tertiary/aromatic N) is 1. The molecule has 3 heteroatoms. The number of piperidine rings is 1. The fraction of sp³-hybridized carbons (Fsp3) is 0.300. The van der Waals surface area contributed by atoms with Gasteiger partial charge in [0.05, 0.1) is 0 Å². The Kier molecular flexibility index (Phi) is 5.38. The van der Waals surface area contributed by atoms with E-state index in [-0.39, 0.29) is 6.04 Å². The van der Waals surface area contributed by atoms with Crippen LogP contribution >= 0.6 is 15.9 Å². The van der Waals surface area contributed by atoms with Gasteiger partial charge in [-0.15, -0.1) is 0 Å². The average Bonchev–Trinajstić information content (AvgIpc) is 2.60. The molecule has 3 rings (SSSR count). The number of aromatic hydroxyl groups is 1. The van der Waals surface area contributed by atoms with Crippen LogP contribution in [0.4, 0.5) is 0 Å². The lowest BCUT2D eigenvalue weighted by atomic mass is 10.0. The predicted molar refractivity (Wildman–Crippen MR) is 97.3 cm³/mol. The number of halogens is 1. The standard InChI is InChI=1S/C20H20BrNO/c21-17-10-12-20(23)18(15-17)19(22-13-5-2-6-14-22)11-9-16-7-3-1-4-8-16/h1,3-4,7-8,10,12,15,19,23H,2,5-6,13-14H2. The maximum absolute atomic E-state index is 10.3. The molecule has 0 saturated carbocycles. The van der Waals surface area contributed by atoms with Crippen molar-refractivity contribution in [2.75, 3.05) is 13.1 Å². The van der Waals surface area contributed by atoms with Gasteiger partial charge in [-0.3, -0.25) is 4.90 Å². The van der Waals surface area contributed by atoms with Crippen LogP contribution in [0.3, 0.4) is 0 Å². The number of hydrogen-bond acceptors (Lipinski definition) is 2. The molecule has 1 unspecified atom stereocenters. The van der Waals surface area contributed by atoms with Gasteiger partial charge in [-0.05, 0) is 56.3 Å². The van der Waals surface area contributed by atoms with Gasteiger partial charge in [0.15, 0.2) is 0 Å². The van der Waals surface area contributed by atoms with Crippen molar-refractivity contribution in [3.05, 3.63) is 64.1 Å². The molecule has 0 aliphatic carbocycles. The van der Waals surface area contributed by atoms with E-state index in [0.717, 1.165) is 28.7 Å². The van der Waals surface area contributed by atoms with Crippen molar-refractivity contribution in [3.8, 4) is 17.6 Å². The number of phenols is 1. The van der Waals surface area contributed by atoms with Crippen molar-refractivity contribution < 1.29 is 5.11 Å². The van der Waals surface area contributed by atoms with Gasteiger partial charge in [0.1, 0.15) is 11.8 Å². The van der Waals surface area contributed by atoms with E-state index in [1.807, 2.05) is 42.5 Å². The van der Waals surface area contributed by atoms with Crippen LogP contribution in [0, 0.1) is 11.8 Å². The van der Waals surface area contributed by atoms with E-state index in [2.05, 4.69) is 32.7 Å². The highest BCUT2D eigenvalue weighted by atomic mass is 79.9. The van der Waals surface area contributed by atoms with E-state index in [9.17, 15) is 5.11 Å². The van der Waals surface area contributed by atoms with Crippen LogP contribution in [0.2, 0.25) is 0 Å². The van der Waals surface area contributed by atoms with Gasteiger partial charge >= 0.3 is 0 Å². The first-order valence-corrected chi connectivity index (χ1v) is 8.82. The second-order valence-corrected chi connectivity index (χ2v) is 6.75. The van der Waals surface area contributed by atoms with Crippen LogP contribution in [0.1, 0.15) is 36.4 Å². The zero-order chi connectivity index (χ0) is 16.1. The number of likely N-dealkylation sites (tertiary alicyclic amines) is 1. The third-order valence-electron chi connectivity index (χ3n) is 4.17. The Balaban J connectivity index is 1.96. The Morgan fingerprint density at radius 2 is 1.74 bits per heavy atom. The molecular formula is C20H20BrNO. The van der Waals surface area contributed by atoms with Crippen molar-refractivity contribution in [3.63, 3.8) is 0 Å². The molecule has 0 amide bonds. The maximum Gasteiger partial charge on any atom is 0.121 e. The minimum Gasteiger partial charge on any atom is -0.508 e. The maximum atomic E-state index is 10.3. The summed E-state index contributed by atoms with van der Waals surface area (Å²) in [6.45, 7) is 2.06. The number of hydrogen-bond donors (Lipinski definition) is 1. The van der Waals surface area contributed by atoms with Gasteiger partial charge in [-0.25, -0.2) is 0 Å². The van der Waals surface area contributed by atoms with Crippen LogP contribution in [0.5, 0.6) is 5.75 Å². The minimum absolute atomic E-state index is 0.0759. The molecule has 0 bridgehead atoms. The Labute approximate surface area is 146 Å². The lowest BCUT2D eigenvalue weighted by Gasteiger charge is -2.32. The molecule has 2 nitrogen and oxygen atoms in total. The van der Waals surface area contributed by atoms with Gasteiger partial charge in [0.25, 0.3) is 0 Å². The normalized spacial score (nSPS) is 16.4. The molecule has 2 aromatic carbocycles. The first kappa shape index (κ1) is 16.1. The molecule has 1 saturated heterocycles. The largest absolute Gasteiger partial charge is 0.508 e. The lowest BCUT2D eigenvalue weighted by molar-refractivity contribution is 0.195. The molecule has 1 aliphatic heterocycles. The Bertz CT molecular complexity index is 711. The molecule has 1 atom stereocenters. The molecule has 2 aromatic rings. The predicted octanol–water partition coefficient (Wildman–Crippen LogP) is 4.73. The van der Waals surface area contributed by atoms with Gasteiger partial charge in [-0.2, -0.15) is 0 Å². The van der Waals surface area contributed by atoms with E-state index in [1.54, 1.807) is 6.07 Å². The van der Waals surface area contributed by atoms with Gasteiger partial charge < -0.3 is 5.11 Å². The molecule has 1 aliphatic rings. The number of phenolic OH excluding ortho intramolecular Hbond substituents is 1. The van der Waals surface area contributed by atoms with E-state index in [1.165, 1.54) is 19.3 Å². The van der Waals surface area contributed by atoms with Crippen molar-refractivity contribution in [2.24, 2.45) is 0 Å². The molecule has 1 fully saturated rings. The van der Waals surface area contributed by atoms with Crippen molar-refractivity contribution in [1.29, 1.82) is 0 Å². The summed E-state index contributed by atoms with van der Waals surface area (Å²) in [5.41, 5.74) is 1.88. The SMILES string of the molecule is Oc1ccc(Br)cc1C(C#Cc1ccccc1)N1CCCCC1. The van der Waals surface area contributed by atoms with Crippen LogP contribution in [0.25, 0.3) is 0 Å². The second kappa shape index (κ2) is 7.68. The van der Waals surface area contributed by atoms with E-state index in [0.29, 0.717) is 5.75 Å². The summed E-state index contributed by atoms with van der Waals surface area (Å²) in [7, 11) is 0. The summed E-state index contributed by atoms with van der Waals surface area (Å²) >= 11 is 3.51. The van der Waals surface area contributed by atoms with Crippen molar-refractivity contribution in [1.82, 2.24) is 4.90 Å². The lowest BCUT2D eigenvalue weighted by Crippen LogP contribution is -2.33. The van der Waals surface area contributed by atoms with Gasteiger partial charge in [0, 0.05) is 15.6 Å². The monoisotopic (exact) mass is 369 g/mol. The number of rotatable bonds is 2. The molecule has 118 valence electrons. The molecule has 23 heavy (non-hydrogen) atoms. The van der Waals surface area contributed by atoms with Gasteiger partial charge in [-0.1, -0.05) is 52.4 Å². The van der Waals surface area contributed by atoms with Crippen LogP contribution in [-0.4, -0.2) is 23.1 Å². The molecule has 0 aromatic heterocycles. The summed E-state index contributed by atoms with van der Waals surface area (Å²) in [5, 5.41) is 10.3. The summed E-state index contributed by atoms with van der Waals surface area (Å²) in [5.74, 6) is 6.97. The van der Waals surface area contributed by atoms with Crippen LogP contribution < -0.4 is 0 Å². The van der Waals surface area contributed by atoms with Crippen molar-refractivity contribution in [2.45, 2.75) is 25.3 Å². The first-order valence-electron chi connectivity index (χ1n) is 8.03. The summed E-state index contributed by atoms with van der Waals surface area (Å²) in [4.78, 5) is 2.38. The first-order chi connectivity index (χ1) is 11.2. The highest BCUT2D eigenvalue weighted by Crippen LogP contribution is 2.32. The fourth-order valence-electron chi connectivity index (χ4n) is 2.96. The molecule has 1 N–H and O–H groups in total. The number of benzene rings is 2. The third kappa shape index (κ3) is 4.16. The Hall–Kier alpha value is -1.76. The zero-order valence-corrected chi connectivity index (χ0v) is 14.6. The van der Waals surface area contributed by atoms with Crippen LogP contribution in [0.15, 0.2) is 53.0 Å². The fourth-order valence-corrected chi connectivity index (χ4v) is 3.34. The van der Waals surface area contributed by atoms with E-state index in [4.69, 9.17) is 0 Å². The molecule has 0 spiro atoms. The third-order valence-corrected chi connectivity index (χ3v) is 4.66. The van der Waals surface area contributed by atoms with Gasteiger partial charge in [0.2, 0.25) is 0 Å². The molecule has 0 radical (unpaired) electrons. The highest BCUT2D eigenvalue weighted by molar-refractivity contribution is 9.10. The highest BCUT2D eigenvalue weighted by Gasteiger charge is 2.23. The van der Waals surface area contributed by atoms with E-state index < -0.39 is 0 Å². The molecule has 1 heterocycles. The summed E-state index contributed by atoms with van der Waals surface area (Å²) < 4.78 is 0.967. The molecular weight excluding hydrogens is 350 g/mol. The summed E-state index contributed by atoms with van der Waals surface area (Å²) in [6.07, 6.45) is 3.66. The van der Waals surface area contributed by atoms with E-state index >= 15 is 0 Å². The Morgan fingerprint density at radius 1 is 1.00 bits per heavy atom. The second-order valence-electron chi connectivity index (χ2n) is 5.84. The summed E-state index contributed by atoms with van der Waals surface area (Å²) in [6, 6.07) is 15.5. The minimum atomic E-state index is -0.0759. The zero-order valence-electron chi connectivity index (χ0n) is 13.0.